The minimum Gasteiger partial charge on any atom is -0.490 e. The van der Waals surface area contributed by atoms with Crippen molar-refractivity contribution in [3.05, 3.63) is 66.4 Å². The van der Waals surface area contributed by atoms with Crippen molar-refractivity contribution in [2.75, 3.05) is 18.5 Å². The van der Waals surface area contributed by atoms with Crippen LogP contribution in [0.4, 0.5) is 5.82 Å². The number of benzene rings is 2. The fourth-order valence-electron chi connectivity index (χ4n) is 2.35. The summed E-state index contributed by atoms with van der Waals surface area (Å²) in [5.74, 6) is 1.36. The van der Waals surface area contributed by atoms with Gasteiger partial charge in [0.2, 0.25) is 0 Å². The molecule has 3 rings (SSSR count). The Labute approximate surface area is 140 Å². The molecule has 3 aromatic rings. The third-order valence-electron chi connectivity index (χ3n) is 3.59. The molecular formula is C19H17N3O2. The minimum absolute atomic E-state index is 0.178. The van der Waals surface area contributed by atoms with Gasteiger partial charge in [-0.2, -0.15) is 5.26 Å². The lowest BCUT2D eigenvalue weighted by atomic mass is 10.1. The molecule has 0 saturated carbocycles. The average molecular weight is 319 g/mol. The lowest BCUT2D eigenvalue weighted by Crippen LogP contribution is -2.26. The molecule has 1 atom stereocenters. The number of fused-ring (bicyclic) bond motifs is 1. The Morgan fingerprint density at radius 3 is 2.75 bits per heavy atom. The summed E-state index contributed by atoms with van der Waals surface area (Å²) in [5.41, 5.74) is 0.500. The van der Waals surface area contributed by atoms with Gasteiger partial charge in [-0.15, -0.1) is 0 Å². The van der Waals surface area contributed by atoms with E-state index in [-0.39, 0.29) is 6.61 Å². The quantitative estimate of drug-likeness (QED) is 0.730. The maximum atomic E-state index is 10.1. The van der Waals surface area contributed by atoms with Crippen LogP contribution in [0.25, 0.3) is 10.8 Å². The highest BCUT2D eigenvalue weighted by Gasteiger charge is 2.07. The first-order valence-corrected chi connectivity index (χ1v) is 7.65. The van der Waals surface area contributed by atoms with Crippen molar-refractivity contribution in [1.29, 1.82) is 5.26 Å². The van der Waals surface area contributed by atoms with Gasteiger partial charge in [0.05, 0.1) is 5.56 Å². The molecule has 0 aliphatic rings. The normalized spacial score (nSPS) is 11.7. The SMILES string of the molecule is N#Cc1ccc(NC[C@@H](O)COc2cccc3ccccc23)nc1. The van der Waals surface area contributed by atoms with Crippen molar-refractivity contribution >= 4 is 16.6 Å². The van der Waals surface area contributed by atoms with Crippen molar-refractivity contribution in [2.24, 2.45) is 0 Å². The maximum absolute atomic E-state index is 10.1. The number of aliphatic hydroxyl groups is 1. The van der Waals surface area contributed by atoms with Gasteiger partial charge >= 0.3 is 0 Å². The summed E-state index contributed by atoms with van der Waals surface area (Å²) in [5, 5.41) is 24.0. The van der Waals surface area contributed by atoms with Gasteiger partial charge in [-0.1, -0.05) is 36.4 Å². The van der Waals surface area contributed by atoms with Crippen LogP contribution < -0.4 is 10.1 Å². The highest BCUT2D eigenvalue weighted by Crippen LogP contribution is 2.25. The number of aliphatic hydroxyl groups excluding tert-OH is 1. The standard InChI is InChI=1S/C19H17N3O2/c20-10-14-8-9-19(21-11-14)22-12-16(23)13-24-18-7-3-5-15-4-1-2-6-17(15)18/h1-9,11,16,23H,12-13H2,(H,21,22)/t16-/m1/s1. The topological polar surface area (TPSA) is 78.2 Å². The molecule has 5 nitrogen and oxygen atoms in total. The van der Waals surface area contributed by atoms with Gasteiger partial charge in [-0.25, -0.2) is 4.98 Å². The van der Waals surface area contributed by atoms with Crippen LogP contribution in [-0.2, 0) is 0 Å². The molecule has 1 heterocycles. The minimum atomic E-state index is -0.679. The van der Waals surface area contributed by atoms with Gasteiger partial charge in [0.15, 0.2) is 0 Å². The second-order valence-electron chi connectivity index (χ2n) is 5.37. The molecule has 0 saturated heterocycles. The Hall–Kier alpha value is -3.10. The maximum Gasteiger partial charge on any atom is 0.127 e. The molecule has 120 valence electrons. The van der Waals surface area contributed by atoms with E-state index in [0.717, 1.165) is 16.5 Å². The zero-order valence-electron chi connectivity index (χ0n) is 13.0. The Kier molecular flexibility index (Phi) is 4.90. The second kappa shape index (κ2) is 7.44. The second-order valence-corrected chi connectivity index (χ2v) is 5.37. The van der Waals surface area contributed by atoms with Gasteiger partial charge in [0.25, 0.3) is 0 Å². The van der Waals surface area contributed by atoms with Crippen LogP contribution in [0.15, 0.2) is 60.8 Å². The number of nitrogens with one attached hydrogen (secondary N) is 1. The number of rotatable bonds is 6. The summed E-state index contributed by atoms with van der Waals surface area (Å²) in [4.78, 5) is 4.10. The van der Waals surface area contributed by atoms with Crippen LogP contribution in [0.5, 0.6) is 5.75 Å². The first kappa shape index (κ1) is 15.8. The van der Waals surface area contributed by atoms with Crippen LogP contribution in [-0.4, -0.2) is 29.3 Å². The molecule has 0 fully saturated rings. The Morgan fingerprint density at radius 1 is 1.12 bits per heavy atom. The highest BCUT2D eigenvalue weighted by atomic mass is 16.5. The largest absolute Gasteiger partial charge is 0.490 e. The van der Waals surface area contributed by atoms with E-state index in [0.29, 0.717) is 17.9 Å². The first-order chi connectivity index (χ1) is 11.8. The number of nitriles is 1. The fourth-order valence-corrected chi connectivity index (χ4v) is 2.35. The molecule has 2 aromatic carbocycles. The molecular weight excluding hydrogens is 302 g/mol. The van der Waals surface area contributed by atoms with Gasteiger partial charge in [0.1, 0.15) is 30.3 Å². The van der Waals surface area contributed by atoms with E-state index in [1.807, 2.05) is 48.5 Å². The van der Waals surface area contributed by atoms with Crippen molar-refractivity contribution in [3.63, 3.8) is 0 Å². The molecule has 0 amide bonds. The summed E-state index contributed by atoms with van der Waals surface area (Å²) in [6.07, 6.45) is 0.808. The van der Waals surface area contributed by atoms with Gasteiger partial charge in [-0.05, 0) is 23.6 Å². The van der Waals surface area contributed by atoms with E-state index in [1.165, 1.54) is 6.20 Å². The van der Waals surface area contributed by atoms with E-state index < -0.39 is 6.10 Å². The van der Waals surface area contributed by atoms with Crippen LogP contribution in [0.2, 0.25) is 0 Å². The third-order valence-corrected chi connectivity index (χ3v) is 3.59. The fraction of sp³-hybridized carbons (Fsp3) is 0.158. The van der Waals surface area contributed by atoms with Crippen LogP contribution in [0.3, 0.4) is 0 Å². The molecule has 24 heavy (non-hydrogen) atoms. The average Bonchev–Trinajstić information content (AvgIpc) is 2.65. The monoisotopic (exact) mass is 319 g/mol. The van der Waals surface area contributed by atoms with Crippen LogP contribution >= 0.6 is 0 Å². The third kappa shape index (κ3) is 3.80. The summed E-state index contributed by atoms with van der Waals surface area (Å²) in [7, 11) is 0. The number of nitrogens with zero attached hydrogens (tertiary/aromatic N) is 2. The van der Waals surface area contributed by atoms with Gasteiger partial charge in [0, 0.05) is 18.1 Å². The lowest BCUT2D eigenvalue weighted by Gasteiger charge is -2.15. The van der Waals surface area contributed by atoms with Crippen molar-refractivity contribution < 1.29 is 9.84 Å². The van der Waals surface area contributed by atoms with Crippen molar-refractivity contribution in [2.45, 2.75) is 6.10 Å². The Bertz CT molecular complexity index is 851. The number of hydrogen-bond donors (Lipinski definition) is 2. The van der Waals surface area contributed by atoms with Crippen LogP contribution in [0.1, 0.15) is 5.56 Å². The Morgan fingerprint density at radius 2 is 1.96 bits per heavy atom. The number of anilines is 1. The van der Waals surface area contributed by atoms with E-state index in [2.05, 4.69) is 10.3 Å². The lowest BCUT2D eigenvalue weighted by molar-refractivity contribution is 0.118. The summed E-state index contributed by atoms with van der Waals surface area (Å²) in [6, 6.07) is 19.2. The molecule has 0 aliphatic heterocycles. The predicted molar refractivity (Wildman–Crippen MR) is 92.9 cm³/mol. The molecule has 1 aromatic heterocycles. The summed E-state index contributed by atoms with van der Waals surface area (Å²) in [6.45, 7) is 0.487. The summed E-state index contributed by atoms with van der Waals surface area (Å²) < 4.78 is 5.75. The van der Waals surface area contributed by atoms with Gasteiger partial charge in [-0.3, -0.25) is 0 Å². The molecule has 0 aliphatic carbocycles. The number of aromatic nitrogens is 1. The number of ether oxygens (including phenoxy) is 1. The van der Waals surface area contributed by atoms with E-state index >= 15 is 0 Å². The Balaban J connectivity index is 1.55. The van der Waals surface area contributed by atoms with E-state index in [4.69, 9.17) is 10.00 Å². The van der Waals surface area contributed by atoms with E-state index in [9.17, 15) is 5.11 Å². The van der Waals surface area contributed by atoms with Crippen molar-refractivity contribution in [3.8, 4) is 11.8 Å². The number of pyridine rings is 1. The predicted octanol–water partition coefficient (Wildman–Crippen LogP) is 2.96. The highest BCUT2D eigenvalue weighted by molar-refractivity contribution is 5.88. The molecule has 0 radical (unpaired) electrons. The first-order valence-electron chi connectivity index (χ1n) is 7.65. The van der Waals surface area contributed by atoms with Gasteiger partial charge < -0.3 is 15.2 Å². The smallest absolute Gasteiger partial charge is 0.127 e. The molecule has 0 spiro atoms. The molecule has 5 heteroatoms. The van der Waals surface area contributed by atoms with Crippen LogP contribution in [0, 0.1) is 11.3 Å². The molecule has 2 N–H and O–H groups in total. The van der Waals surface area contributed by atoms with E-state index in [1.54, 1.807) is 12.1 Å². The zero-order valence-corrected chi connectivity index (χ0v) is 13.0. The molecule has 0 bridgehead atoms. The summed E-state index contributed by atoms with van der Waals surface area (Å²) >= 11 is 0. The van der Waals surface area contributed by atoms with Crippen molar-refractivity contribution in [1.82, 2.24) is 4.98 Å². The zero-order chi connectivity index (χ0) is 16.8. The molecule has 0 unspecified atom stereocenters. The number of hydrogen-bond acceptors (Lipinski definition) is 5.